The molecule has 1 aromatic rings. The quantitative estimate of drug-likeness (QED) is 0.774. The molecule has 0 spiro atoms. The number of hydrogen-bond acceptors (Lipinski definition) is 2. The normalized spacial score (nSPS) is 11.8. The Morgan fingerprint density at radius 2 is 2.12 bits per heavy atom. The van der Waals surface area contributed by atoms with E-state index < -0.39 is 17.7 Å². The van der Waals surface area contributed by atoms with Crippen molar-refractivity contribution < 1.29 is 13.9 Å². The van der Waals surface area contributed by atoms with Crippen LogP contribution in [0.2, 0.25) is 0 Å². The van der Waals surface area contributed by atoms with E-state index in [-0.39, 0.29) is 11.3 Å². The number of aromatic hydroxyl groups is 1. The second kappa shape index (κ2) is 5.47. The molecule has 2 N–H and O–H groups in total. The monoisotopic (exact) mass is 225 g/mol. The first-order valence-electron chi connectivity index (χ1n) is 4.87. The maximum Gasteiger partial charge on any atom is 0.134 e. The lowest BCUT2D eigenvalue weighted by Crippen LogP contribution is -2.20. The number of hydrogen-bond donors (Lipinski definition) is 2. The molecule has 4 heteroatoms. The maximum absolute atomic E-state index is 13.4. The van der Waals surface area contributed by atoms with Gasteiger partial charge in [-0.2, -0.15) is 0 Å². The zero-order chi connectivity index (χ0) is 12.1. The standard InChI is InChI=1S/C12H13F2NO/c1-3-4-5-15-8(2)12-10(14)6-9(13)7-11(12)16/h6-8,15-16H,5H2,1-2H3. The molecule has 0 heterocycles. The molecular formula is C12H13F2NO. The third kappa shape index (κ3) is 2.94. The van der Waals surface area contributed by atoms with Crippen molar-refractivity contribution in [3.05, 3.63) is 29.3 Å². The van der Waals surface area contributed by atoms with Gasteiger partial charge < -0.3 is 5.11 Å². The third-order valence-electron chi connectivity index (χ3n) is 2.18. The van der Waals surface area contributed by atoms with Crippen LogP contribution in [-0.2, 0) is 0 Å². The first-order chi connectivity index (χ1) is 7.56. The Morgan fingerprint density at radius 1 is 1.44 bits per heavy atom. The third-order valence-corrected chi connectivity index (χ3v) is 2.18. The Labute approximate surface area is 93.3 Å². The highest BCUT2D eigenvalue weighted by Gasteiger charge is 2.16. The zero-order valence-electron chi connectivity index (χ0n) is 9.14. The molecule has 0 radical (unpaired) electrons. The van der Waals surface area contributed by atoms with Gasteiger partial charge in [-0.25, -0.2) is 8.78 Å². The molecule has 0 saturated heterocycles. The van der Waals surface area contributed by atoms with Crippen molar-refractivity contribution in [2.75, 3.05) is 6.54 Å². The van der Waals surface area contributed by atoms with E-state index >= 15 is 0 Å². The highest BCUT2D eigenvalue weighted by Crippen LogP contribution is 2.27. The van der Waals surface area contributed by atoms with Crippen LogP contribution in [0.4, 0.5) is 8.78 Å². The Bertz CT molecular complexity index is 411. The summed E-state index contributed by atoms with van der Waals surface area (Å²) < 4.78 is 26.1. The molecule has 0 bridgehead atoms. The Morgan fingerprint density at radius 3 is 2.69 bits per heavy atom. The van der Waals surface area contributed by atoms with Crippen molar-refractivity contribution in [2.24, 2.45) is 0 Å². The predicted octanol–water partition coefficient (Wildman–Crippen LogP) is 2.34. The fourth-order valence-corrected chi connectivity index (χ4v) is 1.39. The van der Waals surface area contributed by atoms with E-state index in [0.717, 1.165) is 12.1 Å². The summed E-state index contributed by atoms with van der Waals surface area (Å²) in [7, 11) is 0. The van der Waals surface area contributed by atoms with Crippen molar-refractivity contribution in [1.82, 2.24) is 5.32 Å². The summed E-state index contributed by atoms with van der Waals surface area (Å²) in [6.07, 6.45) is 0. The number of phenols is 1. The van der Waals surface area contributed by atoms with Crippen LogP contribution in [0.5, 0.6) is 5.75 Å². The molecule has 2 nitrogen and oxygen atoms in total. The molecular weight excluding hydrogens is 212 g/mol. The van der Waals surface area contributed by atoms with E-state index in [1.165, 1.54) is 0 Å². The van der Waals surface area contributed by atoms with Crippen LogP contribution in [0.3, 0.4) is 0 Å². The molecule has 0 fully saturated rings. The van der Waals surface area contributed by atoms with Gasteiger partial charge in [0.05, 0.1) is 6.54 Å². The fourth-order valence-electron chi connectivity index (χ4n) is 1.39. The number of phenolic OH excluding ortho intramolecular Hbond substituents is 1. The van der Waals surface area contributed by atoms with Crippen LogP contribution in [0.1, 0.15) is 25.5 Å². The molecule has 1 rings (SSSR count). The molecule has 0 saturated carbocycles. The summed E-state index contributed by atoms with van der Waals surface area (Å²) in [5.74, 6) is 3.50. The molecule has 1 aromatic carbocycles. The van der Waals surface area contributed by atoms with Gasteiger partial charge in [0.2, 0.25) is 0 Å². The molecule has 0 aliphatic rings. The van der Waals surface area contributed by atoms with E-state index in [2.05, 4.69) is 17.2 Å². The van der Waals surface area contributed by atoms with E-state index in [0.29, 0.717) is 6.54 Å². The van der Waals surface area contributed by atoms with Gasteiger partial charge in [-0.05, 0) is 13.8 Å². The fraction of sp³-hybridized carbons (Fsp3) is 0.333. The minimum absolute atomic E-state index is 0.0549. The van der Waals surface area contributed by atoms with Gasteiger partial charge in [-0.3, -0.25) is 5.32 Å². The Balaban J connectivity index is 2.89. The van der Waals surface area contributed by atoms with Crippen LogP contribution in [-0.4, -0.2) is 11.7 Å². The summed E-state index contributed by atoms with van der Waals surface area (Å²) in [6.45, 7) is 3.75. The number of halogens is 2. The summed E-state index contributed by atoms with van der Waals surface area (Å²) >= 11 is 0. The highest BCUT2D eigenvalue weighted by atomic mass is 19.1. The molecule has 86 valence electrons. The number of nitrogens with one attached hydrogen (secondary N) is 1. The van der Waals surface area contributed by atoms with Crippen LogP contribution >= 0.6 is 0 Å². The van der Waals surface area contributed by atoms with Crippen LogP contribution in [0, 0.1) is 23.5 Å². The molecule has 16 heavy (non-hydrogen) atoms. The minimum Gasteiger partial charge on any atom is -0.507 e. The minimum atomic E-state index is -0.792. The van der Waals surface area contributed by atoms with Crippen LogP contribution < -0.4 is 5.32 Å². The summed E-state index contributed by atoms with van der Waals surface area (Å²) in [6, 6.07) is 1.21. The van der Waals surface area contributed by atoms with E-state index in [1.807, 2.05) is 0 Å². The van der Waals surface area contributed by atoms with Crippen molar-refractivity contribution in [2.45, 2.75) is 19.9 Å². The average Bonchev–Trinajstić information content (AvgIpc) is 2.16. The second-order valence-electron chi connectivity index (χ2n) is 3.35. The lowest BCUT2D eigenvalue weighted by atomic mass is 10.1. The van der Waals surface area contributed by atoms with Gasteiger partial charge in [0, 0.05) is 23.7 Å². The smallest absolute Gasteiger partial charge is 0.134 e. The van der Waals surface area contributed by atoms with E-state index in [4.69, 9.17) is 0 Å². The molecule has 0 amide bonds. The summed E-state index contributed by atoms with van der Waals surface area (Å²) in [5, 5.41) is 12.3. The topological polar surface area (TPSA) is 32.3 Å². The molecule has 0 aliphatic heterocycles. The molecule has 1 unspecified atom stereocenters. The van der Waals surface area contributed by atoms with Crippen LogP contribution in [0.15, 0.2) is 12.1 Å². The maximum atomic E-state index is 13.4. The lowest BCUT2D eigenvalue weighted by molar-refractivity contribution is 0.433. The zero-order valence-corrected chi connectivity index (χ0v) is 9.14. The van der Waals surface area contributed by atoms with Crippen molar-refractivity contribution >= 4 is 0 Å². The van der Waals surface area contributed by atoms with E-state index in [9.17, 15) is 13.9 Å². The molecule has 0 aliphatic carbocycles. The second-order valence-corrected chi connectivity index (χ2v) is 3.35. The average molecular weight is 225 g/mol. The first-order valence-corrected chi connectivity index (χ1v) is 4.87. The first kappa shape index (κ1) is 12.5. The van der Waals surface area contributed by atoms with Crippen molar-refractivity contribution in [3.63, 3.8) is 0 Å². The largest absolute Gasteiger partial charge is 0.507 e. The lowest BCUT2D eigenvalue weighted by Gasteiger charge is -2.14. The van der Waals surface area contributed by atoms with Gasteiger partial charge >= 0.3 is 0 Å². The van der Waals surface area contributed by atoms with Gasteiger partial charge in [0.15, 0.2) is 0 Å². The van der Waals surface area contributed by atoms with Crippen LogP contribution in [0.25, 0.3) is 0 Å². The Kier molecular flexibility index (Phi) is 4.27. The predicted molar refractivity (Wildman–Crippen MR) is 57.9 cm³/mol. The highest BCUT2D eigenvalue weighted by molar-refractivity contribution is 5.36. The van der Waals surface area contributed by atoms with Crippen molar-refractivity contribution in [3.8, 4) is 17.6 Å². The Hall–Kier alpha value is -1.60. The van der Waals surface area contributed by atoms with Gasteiger partial charge in [0.25, 0.3) is 0 Å². The molecule has 1 atom stereocenters. The van der Waals surface area contributed by atoms with Crippen molar-refractivity contribution in [1.29, 1.82) is 0 Å². The van der Waals surface area contributed by atoms with Gasteiger partial charge in [-0.1, -0.05) is 5.92 Å². The summed E-state index contributed by atoms with van der Waals surface area (Å²) in [5.41, 5.74) is 0.0549. The number of rotatable bonds is 3. The number of benzene rings is 1. The van der Waals surface area contributed by atoms with E-state index in [1.54, 1.807) is 13.8 Å². The van der Waals surface area contributed by atoms with Gasteiger partial charge in [-0.15, -0.1) is 5.92 Å². The summed E-state index contributed by atoms with van der Waals surface area (Å²) in [4.78, 5) is 0. The SMILES string of the molecule is CC#CCNC(C)c1c(O)cc(F)cc1F. The molecule has 0 aromatic heterocycles. The van der Waals surface area contributed by atoms with Gasteiger partial charge in [0.1, 0.15) is 17.4 Å².